The molecule has 1 unspecified atom stereocenters. The van der Waals surface area contributed by atoms with Gasteiger partial charge in [0.05, 0.1) is 5.02 Å². The largest absolute Gasteiger partial charge is 0.354 e. The highest BCUT2D eigenvalue weighted by molar-refractivity contribution is 6.33. The van der Waals surface area contributed by atoms with Crippen LogP contribution >= 0.6 is 11.6 Å². The molecule has 16 heavy (non-hydrogen) atoms. The number of rotatable bonds is 2. The second-order valence-corrected chi connectivity index (χ2v) is 4.28. The summed E-state index contributed by atoms with van der Waals surface area (Å²) in [6, 6.07) is 1.37. The van der Waals surface area contributed by atoms with Gasteiger partial charge < -0.3 is 10.6 Å². The number of nitrogens with two attached hydrogens (primary N) is 1. The van der Waals surface area contributed by atoms with Gasteiger partial charge in [0.15, 0.2) is 0 Å². The molecule has 0 radical (unpaired) electrons. The third kappa shape index (κ3) is 2.25. The Morgan fingerprint density at radius 1 is 1.56 bits per heavy atom. The summed E-state index contributed by atoms with van der Waals surface area (Å²) in [5.41, 5.74) is 5.60. The second-order valence-electron chi connectivity index (χ2n) is 3.87. The summed E-state index contributed by atoms with van der Waals surface area (Å²) < 4.78 is 24.8. The molecule has 6 heteroatoms. The summed E-state index contributed by atoms with van der Waals surface area (Å²) >= 11 is 5.92. The first-order valence-electron chi connectivity index (χ1n) is 5.02. The highest BCUT2D eigenvalue weighted by Gasteiger charge is 2.22. The summed E-state index contributed by atoms with van der Waals surface area (Å²) in [7, 11) is 0. The van der Waals surface area contributed by atoms with Crippen LogP contribution in [0.4, 0.5) is 14.6 Å². The lowest BCUT2D eigenvalue weighted by Crippen LogP contribution is -2.27. The van der Waals surface area contributed by atoms with Crippen molar-refractivity contribution in [1.29, 1.82) is 0 Å². The van der Waals surface area contributed by atoms with Crippen molar-refractivity contribution in [1.82, 2.24) is 4.98 Å². The van der Waals surface area contributed by atoms with Crippen molar-refractivity contribution in [2.45, 2.75) is 18.9 Å². The Labute approximate surface area is 97.2 Å². The van der Waals surface area contributed by atoms with Crippen LogP contribution in [-0.2, 0) is 0 Å². The van der Waals surface area contributed by atoms with Crippen LogP contribution in [0.5, 0.6) is 0 Å². The molecule has 2 heterocycles. The van der Waals surface area contributed by atoms with E-state index in [1.807, 2.05) is 4.90 Å². The predicted octanol–water partition coefficient (Wildman–Crippen LogP) is 2.21. The fourth-order valence-corrected chi connectivity index (χ4v) is 2.07. The number of hydrogen-bond acceptors (Lipinski definition) is 3. The van der Waals surface area contributed by atoms with Crippen LogP contribution in [0.3, 0.4) is 0 Å². The average molecular weight is 248 g/mol. The van der Waals surface area contributed by atoms with E-state index in [1.165, 1.54) is 6.07 Å². The minimum absolute atomic E-state index is 0.104. The number of aromatic nitrogens is 1. The van der Waals surface area contributed by atoms with Gasteiger partial charge in [0.25, 0.3) is 6.43 Å². The normalized spacial score (nSPS) is 20.8. The molecule has 0 saturated carbocycles. The highest BCUT2D eigenvalue weighted by atomic mass is 35.5. The van der Waals surface area contributed by atoms with E-state index in [0.717, 1.165) is 19.2 Å². The van der Waals surface area contributed by atoms with Crippen molar-refractivity contribution in [3.8, 4) is 0 Å². The van der Waals surface area contributed by atoms with Gasteiger partial charge in [0.1, 0.15) is 5.82 Å². The number of hydrogen-bond donors (Lipinski definition) is 1. The maximum Gasteiger partial charge on any atom is 0.265 e. The molecule has 1 saturated heterocycles. The molecule has 0 bridgehead atoms. The summed E-state index contributed by atoms with van der Waals surface area (Å²) in [5, 5.41) is 0.256. The Morgan fingerprint density at radius 3 is 2.81 bits per heavy atom. The zero-order valence-corrected chi connectivity index (χ0v) is 9.29. The lowest BCUT2D eigenvalue weighted by molar-refractivity contribution is 0.151. The first-order chi connectivity index (χ1) is 7.58. The minimum Gasteiger partial charge on any atom is -0.354 e. The maximum absolute atomic E-state index is 12.4. The zero-order valence-electron chi connectivity index (χ0n) is 8.54. The minimum atomic E-state index is -2.54. The Bertz CT molecular complexity index is 386. The monoisotopic (exact) mass is 247 g/mol. The average Bonchev–Trinajstić information content (AvgIpc) is 2.64. The van der Waals surface area contributed by atoms with Gasteiger partial charge in [-0.05, 0) is 12.5 Å². The first kappa shape index (κ1) is 11.5. The van der Waals surface area contributed by atoms with Gasteiger partial charge in [0, 0.05) is 30.9 Å². The molecule has 2 N–H and O–H groups in total. The molecule has 88 valence electrons. The molecule has 0 amide bonds. The van der Waals surface area contributed by atoms with E-state index in [-0.39, 0.29) is 16.6 Å². The summed E-state index contributed by atoms with van der Waals surface area (Å²) in [4.78, 5) is 5.89. The summed E-state index contributed by atoms with van der Waals surface area (Å²) in [6.07, 6.45) is -0.510. The molecule has 1 aliphatic rings. The first-order valence-corrected chi connectivity index (χ1v) is 5.40. The van der Waals surface area contributed by atoms with E-state index in [0.29, 0.717) is 12.4 Å². The van der Waals surface area contributed by atoms with Crippen LogP contribution in [-0.4, -0.2) is 24.1 Å². The van der Waals surface area contributed by atoms with Crippen molar-refractivity contribution in [2.24, 2.45) is 5.73 Å². The van der Waals surface area contributed by atoms with E-state index >= 15 is 0 Å². The molecular weight excluding hydrogens is 236 g/mol. The molecule has 1 aromatic heterocycles. The van der Waals surface area contributed by atoms with Crippen molar-refractivity contribution >= 4 is 17.4 Å². The molecule has 1 fully saturated rings. The van der Waals surface area contributed by atoms with Gasteiger partial charge in [-0.2, -0.15) is 0 Å². The lowest BCUT2D eigenvalue weighted by Gasteiger charge is -2.18. The van der Waals surface area contributed by atoms with Gasteiger partial charge in [-0.1, -0.05) is 11.6 Å². The molecule has 1 atom stereocenters. The quantitative estimate of drug-likeness (QED) is 0.871. The predicted molar refractivity (Wildman–Crippen MR) is 59.0 cm³/mol. The summed E-state index contributed by atoms with van der Waals surface area (Å²) in [5.74, 6) is 0.541. The Balaban J connectivity index is 2.22. The van der Waals surface area contributed by atoms with Crippen LogP contribution in [0.15, 0.2) is 12.3 Å². The maximum atomic E-state index is 12.4. The fraction of sp³-hybridized carbons (Fsp3) is 0.500. The van der Waals surface area contributed by atoms with E-state index in [1.54, 1.807) is 0 Å². The van der Waals surface area contributed by atoms with Gasteiger partial charge in [-0.25, -0.2) is 13.8 Å². The van der Waals surface area contributed by atoms with Gasteiger partial charge >= 0.3 is 0 Å². The van der Waals surface area contributed by atoms with E-state index < -0.39 is 6.43 Å². The SMILES string of the molecule is NC1CCN(c2ncc(C(F)F)cc2Cl)C1. The number of alkyl halides is 2. The Kier molecular flexibility index (Phi) is 3.25. The second kappa shape index (κ2) is 4.51. The fourth-order valence-electron chi connectivity index (χ4n) is 1.78. The number of anilines is 1. The lowest BCUT2D eigenvalue weighted by atomic mass is 10.3. The van der Waals surface area contributed by atoms with Gasteiger partial charge in [-0.15, -0.1) is 0 Å². The molecule has 0 aliphatic carbocycles. The van der Waals surface area contributed by atoms with E-state index in [4.69, 9.17) is 17.3 Å². The van der Waals surface area contributed by atoms with Crippen LogP contribution in [0, 0.1) is 0 Å². The highest BCUT2D eigenvalue weighted by Crippen LogP contribution is 2.29. The standard InChI is InChI=1S/C10H12ClF2N3/c11-8-3-6(9(12)13)4-15-10(8)16-2-1-7(14)5-16/h3-4,7,9H,1-2,5,14H2. The van der Waals surface area contributed by atoms with Crippen molar-refractivity contribution in [3.63, 3.8) is 0 Å². The molecular formula is C10H12ClF2N3. The topological polar surface area (TPSA) is 42.1 Å². The van der Waals surface area contributed by atoms with Crippen molar-refractivity contribution in [3.05, 3.63) is 22.8 Å². The molecule has 0 aromatic carbocycles. The zero-order chi connectivity index (χ0) is 11.7. The molecule has 1 aromatic rings. The number of pyridine rings is 1. The van der Waals surface area contributed by atoms with Crippen molar-refractivity contribution < 1.29 is 8.78 Å². The Hall–Kier alpha value is -0.940. The number of nitrogens with zero attached hydrogens (tertiary/aromatic N) is 2. The van der Waals surface area contributed by atoms with E-state index in [2.05, 4.69) is 4.98 Å². The molecule has 2 rings (SSSR count). The third-order valence-corrected chi connectivity index (χ3v) is 2.90. The van der Waals surface area contributed by atoms with Crippen LogP contribution in [0.25, 0.3) is 0 Å². The van der Waals surface area contributed by atoms with Crippen LogP contribution in [0.2, 0.25) is 5.02 Å². The smallest absolute Gasteiger partial charge is 0.265 e. The molecule has 0 spiro atoms. The molecule has 3 nitrogen and oxygen atoms in total. The van der Waals surface area contributed by atoms with Gasteiger partial charge in [0.2, 0.25) is 0 Å². The number of halogens is 3. The Morgan fingerprint density at radius 2 is 2.31 bits per heavy atom. The van der Waals surface area contributed by atoms with E-state index in [9.17, 15) is 8.78 Å². The van der Waals surface area contributed by atoms with Crippen molar-refractivity contribution in [2.75, 3.05) is 18.0 Å². The van der Waals surface area contributed by atoms with Crippen LogP contribution < -0.4 is 10.6 Å². The molecule has 1 aliphatic heterocycles. The van der Waals surface area contributed by atoms with Crippen LogP contribution in [0.1, 0.15) is 18.4 Å². The van der Waals surface area contributed by atoms with Gasteiger partial charge in [-0.3, -0.25) is 0 Å². The third-order valence-electron chi connectivity index (χ3n) is 2.62. The summed E-state index contributed by atoms with van der Waals surface area (Å²) in [6.45, 7) is 1.43.